The van der Waals surface area contributed by atoms with Crippen molar-refractivity contribution in [1.29, 1.82) is 0 Å². The number of nitrogens with zero attached hydrogens (tertiary/aromatic N) is 2. The van der Waals surface area contributed by atoms with Crippen molar-refractivity contribution in [2.75, 3.05) is 13.1 Å². The maximum atomic E-state index is 12.7. The van der Waals surface area contributed by atoms with Gasteiger partial charge in [-0.15, -0.1) is 0 Å². The summed E-state index contributed by atoms with van der Waals surface area (Å²) < 4.78 is 5.14. The molecule has 1 aromatic rings. The van der Waals surface area contributed by atoms with Gasteiger partial charge >= 0.3 is 18.0 Å². The number of ether oxygens (including phenoxy) is 1. The third kappa shape index (κ3) is 5.19. The largest absolute Gasteiger partial charge is 0.480 e. The molecule has 1 heterocycles. The van der Waals surface area contributed by atoms with Gasteiger partial charge in [0.25, 0.3) is 0 Å². The Morgan fingerprint density at radius 1 is 1.22 bits per heavy atom. The van der Waals surface area contributed by atoms with E-state index in [4.69, 9.17) is 9.84 Å². The lowest BCUT2D eigenvalue weighted by molar-refractivity contribution is -0.151. The minimum atomic E-state index is -1.30. The van der Waals surface area contributed by atoms with Crippen LogP contribution in [0.5, 0.6) is 0 Å². The van der Waals surface area contributed by atoms with Crippen LogP contribution in [0.25, 0.3) is 0 Å². The molecule has 2 atom stereocenters. The smallest absolute Gasteiger partial charge is 0.411 e. The van der Waals surface area contributed by atoms with Crippen LogP contribution in [-0.2, 0) is 25.7 Å². The summed E-state index contributed by atoms with van der Waals surface area (Å²) in [7, 11) is 0. The maximum absolute atomic E-state index is 12.7. The summed E-state index contributed by atoms with van der Waals surface area (Å²) in [6.45, 7) is 0.816. The molecule has 1 saturated heterocycles. The Morgan fingerprint density at radius 3 is 2.48 bits per heavy atom. The second-order valence-corrected chi connectivity index (χ2v) is 6.27. The van der Waals surface area contributed by atoms with E-state index in [1.54, 1.807) is 30.3 Å². The number of hydrogen-bond donors (Lipinski definition) is 2. The highest BCUT2D eigenvalue weighted by Crippen LogP contribution is 2.20. The Labute approximate surface area is 156 Å². The van der Waals surface area contributed by atoms with Gasteiger partial charge in [0.1, 0.15) is 25.2 Å². The molecule has 0 spiro atoms. The van der Waals surface area contributed by atoms with E-state index in [2.05, 4.69) is 0 Å². The number of carbonyl (C=O) groups excluding carboxylic acids is 2. The summed E-state index contributed by atoms with van der Waals surface area (Å²) in [6.07, 6.45) is -0.0916. The molecule has 2 rings (SSSR count). The van der Waals surface area contributed by atoms with E-state index >= 15 is 0 Å². The predicted molar refractivity (Wildman–Crippen MR) is 92.8 cm³/mol. The molecule has 9 heteroatoms. The molecular formula is C18H22N2O7. The fourth-order valence-corrected chi connectivity index (χ4v) is 2.97. The molecule has 0 saturated carbocycles. The molecule has 1 unspecified atom stereocenters. The first-order chi connectivity index (χ1) is 12.8. The second-order valence-electron chi connectivity index (χ2n) is 6.27. The van der Waals surface area contributed by atoms with Crippen molar-refractivity contribution in [1.82, 2.24) is 9.80 Å². The summed E-state index contributed by atoms with van der Waals surface area (Å²) in [5.74, 6) is -3.04. The Balaban J connectivity index is 2.09. The van der Waals surface area contributed by atoms with Crippen LogP contribution in [0.1, 0.15) is 25.3 Å². The topological polar surface area (TPSA) is 124 Å². The van der Waals surface area contributed by atoms with E-state index in [1.807, 2.05) is 0 Å². The molecule has 1 fully saturated rings. The molecule has 27 heavy (non-hydrogen) atoms. The van der Waals surface area contributed by atoms with Crippen LogP contribution < -0.4 is 0 Å². The third-order valence-corrected chi connectivity index (χ3v) is 4.39. The molecule has 1 aliphatic rings. The fraction of sp³-hybridized carbons (Fsp3) is 0.444. The summed E-state index contributed by atoms with van der Waals surface area (Å²) in [5, 5.41) is 18.3. The van der Waals surface area contributed by atoms with Gasteiger partial charge in [0.2, 0.25) is 5.91 Å². The van der Waals surface area contributed by atoms with Gasteiger partial charge in [-0.2, -0.15) is 0 Å². The number of amides is 2. The van der Waals surface area contributed by atoms with E-state index in [1.165, 1.54) is 11.8 Å². The Morgan fingerprint density at radius 2 is 1.89 bits per heavy atom. The molecule has 1 aliphatic heterocycles. The summed E-state index contributed by atoms with van der Waals surface area (Å²) in [5.41, 5.74) is 0.714. The number of benzene rings is 1. The second kappa shape index (κ2) is 9.02. The number of hydrogen-bond acceptors (Lipinski definition) is 5. The van der Waals surface area contributed by atoms with E-state index in [9.17, 15) is 24.3 Å². The lowest BCUT2D eigenvalue weighted by Gasteiger charge is -2.31. The molecule has 0 aromatic heterocycles. The van der Waals surface area contributed by atoms with E-state index < -0.39 is 42.6 Å². The van der Waals surface area contributed by atoms with Crippen LogP contribution in [-0.4, -0.2) is 69.1 Å². The van der Waals surface area contributed by atoms with Gasteiger partial charge in [0, 0.05) is 6.54 Å². The van der Waals surface area contributed by atoms with Crippen molar-refractivity contribution in [2.45, 2.75) is 38.5 Å². The average molecular weight is 378 g/mol. The van der Waals surface area contributed by atoms with Gasteiger partial charge in [0.05, 0.1) is 0 Å². The zero-order valence-corrected chi connectivity index (χ0v) is 14.9. The minimum Gasteiger partial charge on any atom is -0.480 e. The molecule has 146 valence electrons. The molecule has 0 aliphatic carbocycles. The fourth-order valence-electron chi connectivity index (χ4n) is 2.97. The van der Waals surface area contributed by atoms with E-state index in [-0.39, 0.29) is 13.2 Å². The highest BCUT2D eigenvalue weighted by Gasteiger charge is 2.39. The molecular weight excluding hydrogens is 356 g/mol. The van der Waals surface area contributed by atoms with Crippen molar-refractivity contribution in [3.8, 4) is 0 Å². The first-order valence-electron chi connectivity index (χ1n) is 8.53. The average Bonchev–Trinajstić information content (AvgIpc) is 3.14. The van der Waals surface area contributed by atoms with E-state index in [0.29, 0.717) is 18.4 Å². The zero-order valence-electron chi connectivity index (χ0n) is 14.9. The molecule has 0 radical (unpaired) electrons. The Kier molecular flexibility index (Phi) is 6.75. The van der Waals surface area contributed by atoms with Crippen LogP contribution >= 0.6 is 0 Å². The molecule has 1 aromatic carbocycles. The molecule has 0 bridgehead atoms. The summed E-state index contributed by atoms with van der Waals surface area (Å²) >= 11 is 0. The first-order valence-corrected chi connectivity index (χ1v) is 8.53. The van der Waals surface area contributed by atoms with Crippen LogP contribution in [0.3, 0.4) is 0 Å². The third-order valence-electron chi connectivity index (χ3n) is 4.39. The highest BCUT2D eigenvalue weighted by atomic mass is 16.6. The number of carboxylic acid groups (broad SMARTS) is 2. The molecule has 2 amide bonds. The van der Waals surface area contributed by atoms with Crippen LogP contribution in [0, 0.1) is 0 Å². The number of carbonyl (C=O) groups is 4. The van der Waals surface area contributed by atoms with Crippen molar-refractivity contribution in [2.24, 2.45) is 0 Å². The molecule has 2 N–H and O–H groups in total. The zero-order chi connectivity index (χ0) is 20.0. The lowest BCUT2D eigenvalue weighted by Crippen LogP contribution is -2.53. The summed E-state index contributed by atoms with van der Waals surface area (Å²) in [6, 6.07) is 6.69. The summed E-state index contributed by atoms with van der Waals surface area (Å²) in [4.78, 5) is 49.5. The number of likely N-dealkylation sites (tertiary alicyclic amines) is 1. The lowest BCUT2D eigenvalue weighted by atomic mass is 10.2. The molecule has 9 nitrogen and oxygen atoms in total. The van der Waals surface area contributed by atoms with Crippen molar-refractivity contribution in [3.05, 3.63) is 35.9 Å². The monoisotopic (exact) mass is 378 g/mol. The van der Waals surface area contributed by atoms with Crippen LogP contribution in [0.2, 0.25) is 0 Å². The van der Waals surface area contributed by atoms with Crippen molar-refractivity contribution >= 4 is 23.9 Å². The minimum absolute atomic E-state index is 0.0713. The van der Waals surface area contributed by atoms with Gasteiger partial charge in [-0.25, -0.2) is 9.59 Å². The van der Waals surface area contributed by atoms with Gasteiger partial charge in [0.15, 0.2) is 0 Å². The number of aliphatic carboxylic acids is 2. The number of carboxylic acids is 2. The van der Waals surface area contributed by atoms with Crippen molar-refractivity contribution < 1.29 is 34.1 Å². The highest BCUT2D eigenvalue weighted by molar-refractivity contribution is 5.90. The first kappa shape index (κ1) is 20.2. The Bertz CT molecular complexity index is 707. The van der Waals surface area contributed by atoms with Crippen LogP contribution in [0.15, 0.2) is 30.3 Å². The number of rotatable bonds is 7. The standard InChI is InChI=1S/C18H22N2O7/c1-12(16(23)19-9-5-8-14(19)17(24)25)20(10-15(21)22)18(26)27-11-13-6-3-2-4-7-13/h2-4,6-7,12,14H,5,8-11H2,1H3,(H,21,22)(H,24,25)/t12-,14?/m0/s1. The van der Waals surface area contributed by atoms with Gasteiger partial charge in [-0.05, 0) is 25.3 Å². The SMILES string of the molecule is C[C@@H](C(=O)N1CCCC1C(=O)O)N(CC(=O)O)C(=O)OCc1ccccc1. The van der Waals surface area contributed by atoms with E-state index in [0.717, 1.165) is 4.90 Å². The van der Waals surface area contributed by atoms with Gasteiger partial charge in [-0.1, -0.05) is 30.3 Å². The van der Waals surface area contributed by atoms with Gasteiger partial charge < -0.3 is 19.8 Å². The van der Waals surface area contributed by atoms with Crippen LogP contribution in [0.4, 0.5) is 4.79 Å². The maximum Gasteiger partial charge on any atom is 0.411 e. The Hall–Kier alpha value is -3.10. The van der Waals surface area contributed by atoms with Gasteiger partial charge in [-0.3, -0.25) is 14.5 Å². The quantitative estimate of drug-likeness (QED) is 0.730. The predicted octanol–water partition coefficient (Wildman–Crippen LogP) is 1.17. The normalized spacial score (nSPS) is 17.2. The van der Waals surface area contributed by atoms with Crippen molar-refractivity contribution in [3.63, 3.8) is 0 Å².